The van der Waals surface area contributed by atoms with Crippen LogP contribution in [0.25, 0.3) is 5.70 Å². The average Bonchev–Trinajstić information content (AvgIpc) is 3.39. The maximum Gasteiger partial charge on any atom is 0.303 e. The highest BCUT2D eigenvalue weighted by Gasteiger charge is 2.45. The molecule has 6 heteroatoms. The number of likely N-dealkylation sites (tertiary alicyclic amines) is 1. The summed E-state index contributed by atoms with van der Waals surface area (Å²) in [6.07, 6.45) is 4.22. The summed E-state index contributed by atoms with van der Waals surface area (Å²) >= 11 is 0. The second-order valence-corrected chi connectivity index (χ2v) is 8.03. The molecule has 6 nitrogen and oxygen atoms in total. The first kappa shape index (κ1) is 20.1. The van der Waals surface area contributed by atoms with Gasteiger partial charge in [0.15, 0.2) is 5.78 Å². The molecule has 0 amide bonds. The number of carbonyl (C=O) groups excluding carboxylic acids is 2. The molecule has 1 saturated heterocycles. The van der Waals surface area contributed by atoms with E-state index in [9.17, 15) is 14.9 Å². The quantitative estimate of drug-likeness (QED) is 0.439. The van der Waals surface area contributed by atoms with Crippen molar-refractivity contribution in [3.05, 3.63) is 34.7 Å². The lowest BCUT2D eigenvalue weighted by Gasteiger charge is -2.36. The summed E-state index contributed by atoms with van der Waals surface area (Å²) in [5.74, 6) is -0.636. The maximum atomic E-state index is 12.2. The largest absolute Gasteiger partial charge is 0.456 e. The van der Waals surface area contributed by atoms with Crippen molar-refractivity contribution in [3.63, 3.8) is 0 Å². The molecule has 1 aliphatic carbocycles. The summed E-state index contributed by atoms with van der Waals surface area (Å²) < 4.78 is 5.26. The van der Waals surface area contributed by atoms with E-state index in [1.807, 2.05) is 19.1 Å². The number of nitriles is 1. The number of rotatable bonds is 5. The van der Waals surface area contributed by atoms with E-state index in [4.69, 9.17) is 9.72 Å². The maximum absolute atomic E-state index is 12.2. The van der Waals surface area contributed by atoms with Crippen molar-refractivity contribution in [1.29, 1.82) is 5.26 Å². The van der Waals surface area contributed by atoms with Crippen LogP contribution in [0, 0.1) is 23.7 Å². The number of esters is 1. The van der Waals surface area contributed by atoms with Gasteiger partial charge in [0.2, 0.25) is 0 Å². The van der Waals surface area contributed by atoms with E-state index < -0.39 is 6.10 Å². The molecule has 2 fully saturated rings. The van der Waals surface area contributed by atoms with Crippen molar-refractivity contribution in [2.24, 2.45) is 5.41 Å². The molecule has 1 unspecified atom stereocenters. The Hall–Kier alpha value is -2.68. The van der Waals surface area contributed by atoms with Crippen LogP contribution in [0.3, 0.4) is 0 Å². The van der Waals surface area contributed by atoms with Gasteiger partial charge in [0.1, 0.15) is 17.7 Å². The predicted octanol–water partition coefficient (Wildman–Crippen LogP) is 3.71. The van der Waals surface area contributed by atoms with Gasteiger partial charge in [-0.15, -0.1) is 0 Å². The SMILES string of the molecule is CC(=O)OC(C)c1ccc(C)c(/C(=C(/C#N)C(C)=O)N2CCC3(CC2)CC3)n1. The zero-order valence-corrected chi connectivity index (χ0v) is 17.0. The first-order chi connectivity index (χ1) is 13.3. The number of allylic oxidation sites excluding steroid dienone is 1. The van der Waals surface area contributed by atoms with Crippen molar-refractivity contribution in [2.75, 3.05) is 13.1 Å². The number of ketones is 1. The highest BCUT2D eigenvalue weighted by Crippen LogP contribution is 2.54. The van der Waals surface area contributed by atoms with Crippen LogP contribution in [0.2, 0.25) is 0 Å². The molecule has 0 N–H and O–H groups in total. The van der Waals surface area contributed by atoms with E-state index in [-0.39, 0.29) is 17.3 Å². The predicted molar refractivity (Wildman–Crippen MR) is 105 cm³/mol. The molecular formula is C22H27N3O3. The average molecular weight is 381 g/mol. The lowest BCUT2D eigenvalue weighted by Crippen LogP contribution is -2.35. The number of pyridine rings is 1. The molecule has 1 saturated carbocycles. The van der Waals surface area contributed by atoms with E-state index in [0.29, 0.717) is 22.5 Å². The van der Waals surface area contributed by atoms with Gasteiger partial charge in [-0.3, -0.25) is 9.59 Å². The van der Waals surface area contributed by atoms with Crippen molar-refractivity contribution in [3.8, 4) is 6.07 Å². The molecule has 3 rings (SSSR count). The number of nitrogens with zero attached hydrogens (tertiary/aromatic N) is 3. The zero-order chi connectivity index (χ0) is 20.5. The van der Waals surface area contributed by atoms with Gasteiger partial charge >= 0.3 is 5.97 Å². The molecule has 28 heavy (non-hydrogen) atoms. The molecule has 0 aromatic carbocycles. The fraction of sp³-hybridized carbons (Fsp3) is 0.545. The fourth-order valence-corrected chi connectivity index (χ4v) is 3.93. The Bertz CT molecular complexity index is 868. The van der Waals surface area contributed by atoms with Gasteiger partial charge in [-0.05, 0) is 63.5 Å². The summed E-state index contributed by atoms with van der Waals surface area (Å²) in [5, 5.41) is 9.71. The summed E-state index contributed by atoms with van der Waals surface area (Å²) in [5.41, 5.74) is 3.34. The fourth-order valence-electron chi connectivity index (χ4n) is 3.93. The van der Waals surface area contributed by atoms with Crippen LogP contribution in [0.1, 0.15) is 69.5 Å². The third-order valence-electron chi connectivity index (χ3n) is 5.90. The van der Waals surface area contributed by atoms with E-state index in [0.717, 1.165) is 31.5 Å². The van der Waals surface area contributed by atoms with Crippen molar-refractivity contribution >= 4 is 17.4 Å². The van der Waals surface area contributed by atoms with Crippen LogP contribution in [0.5, 0.6) is 0 Å². The van der Waals surface area contributed by atoms with E-state index in [1.165, 1.54) is 26.7 Å². The van der Waals surface area contributed by atoms with Crippen molar-refractivity contribution in [1.82, 2.24) is 9.88 Å². The molecule has 148 valence electrons. The Morgan fingerprint density at radius 2 is 1.86 bits per heavy atom. The summed E-state index contributed by atoms with van der Waals surface area (Å²) in [4.78, 5) is 30.4. The molecule has 1 spiro atoms. The topological polar surface area (TPSA) is 83.3 Å². The first-order valence-corrected chi connectivity index (χ1v) is 9.82. The number of carbonyl (C=O) groups is 2. The minimum absolute atomic E-state index is 0.139. The summed E-state index contributed by atoms with van der Waals surface area (Å²) in [6.45, 7) is 8.11. The molecule has 1 atom stereocenters. The third-order valence-corrected chi connectivity index (χ3v) is 5.90. The van der Waals surface area contributed by atoms with Crippen LogP contribution >= 0.6 is 0 Å². The van der Waals surface area contributed by atoms with Crippen molar-refractivity contribution in [2.45, 2.75) is 59.5 Å². The Balaban J connectivity index is 2.04. The van der Waals surface area contributed by atoms with Gasteiger partial charge in [-0.1, -0.05) is 6.07 Å². The van der Waals surface area contributed by atoms with Crippen LogP contribution in [-0.2, 0) is 14.3 Å². The number of hydrogen-bond acceptors (Lipinski definition) is 6. The molecule has 2 aliphatic rings. The minimum atomic E-state index is -0.503. The van der Waals surface area contributed by atoms with Gasteiger partial charge in [-0.25, -0.2) is 4.98 Å². The standard InChI is InChI=1S/C22H27N3O3/c1-14-5-6-19(16(3)28-17(4)27)24-20(14)21(18(13-23)15(2)26)25-11-9-22(7-8-22)10-12-25/h5-6,16H,7-12H2,1-4H3/b21-18+. The Morgan fingerprint density at radius 1 is 1.21 bits per heavy atom. The van der Waals surface area contributed by atoms with Gasteiger partial charge in [-0.2, -0.15) is 5.26 Å². The van der Waals surface area contributed by atoms with E-state index in [1.54, 1.807) is 6.92 Å². The van der Waals surface area contributed by atoms with Crippen molar-refractivity contribution < 1.29 is 14.3 Å². The monoisotopic (exact) mass is 381 g/mol. The van der Waals surface area contributed by atoms with Gasteiger partial charge < -0.3 is 9.64 Å². The van der Waals surface area contributed by atoms with Gasteiger partial charge in [0.05, 0.1) is 17.1 Å². The first-order valence-electron chi connectivity index (χ1n) is 9.82. The number of aryl methyl sites for hydroxylation is 1. The van der Waals surface area contributed by atoms with Crippen LogP contribution < -0.4 is 0 Å². The minimum Gasteiger partial charge on any atom is -0.456 e. The van der Waals surface area contributed by atoms with Gasteiger partial charge in [0.25, 0.3) is 0 Å². The molecular weight excluding hydrogens is 354 g/mol. The molecule has 1 aromatic heterocycles. The second kappa shape index (κ2) is 7.75. The van der Waals surface area contributed by atoms with Gasteiger partial charge in [0, 0.05) is 20.0 Å². The van der Waals surface area contributed by atoms with E-state index in [2.05, 4.69) is 11.0 Å². The highest BCUT2D eigenvalue weighted by molar-refractivity contribution is 6.04. The summed E-state index contributed by atoms with van der Waals surface area (Å²) in [6, 6.07) is 5.83. The Kier molecular flexibility index (Phi) is 5.55. The number of aromatic nitrogens is 1. The zero-order valence-electron chi connectivity index (χ0n) is 17.0. The molecule has 2 heterocycles. The molecule has 1 aliphatic heterocycles. The second-order valence-electron chi connectivity index (χ2n) is 8.03. The lowest BCUT2D eigenvalue weighted by molar-refractivity contribution is -0.146. The highest BCUT2D eigenvalue weighted by atomic mass is 16.5. The third kappa shape index (κ3) is 4.09. The van der Waals surface area contributed by atoms with Crippen LogP contribution in [0.4, 0.5) is 0 Å². The van der Waals surface area contributed by atoms with Crippen LogP contribution in [0.15, 0.2) is 17.7 Å². The molecule has 1 aromatic rings. The smallest absolute Gasteiger partial charge is 0.303 e. The summed E-state index contributed by atoms with van der Waals surface area (Å²) in [7, 11) is 0. The normalized spacial score (nSPS) is 19.5. The lowest BCUT2D eigenvalue weighted by atomic mass is 9.92. The number of piperidine rings is 1. The Labute approximate surface area is 166 Å². The number of Topliss-reactive ketones (excluding diaryl/α,β-unsaturated/α-hetero) is 1. The molecule has 0 radical (unpaired) electrons. The molecule has 0 bridgehead atoms. The van der Waals surface area contributed by atoms with E-state index >= 15 is 0 Å². The Morgan fingerprint density at radius 3 is 2.36 bits per heavy atom. The number of hydrogen-bond donors (Lipinski definition) is 0. The van der Waals surface area contributed by atoms with Crippen LogP contribution in [-0.4, -0.2) is 34.7 Å². The number of ether oxygens (including phenoxy) is 1.